The molecule has 1 aromatic rings. The smallest absolute Gasteiger partial charge is 0.223 e. The quantitative estimate of drug-likeness (QED) is 0.831. The van der Waals surface area contributed by atoms with Crippen molar-refractivity contribution in [3.05, 3.63) is 30.3 Å². The van der Waals surface area contributed by atoms with E-state index in [1.807, 2.05) is 0 Å². The molecule has 5 heteroatoms. The third-order valence-electron chi connectivity index (χ3n) is 4.10. The van der Waals surface area contributed by atoms with Gasteiger partial charge >= 0.3 is 0 Å². The molecule has 1 amide bonds. The molecule has 2 saturated heterocycles. The lowest BCUT2D eigenvalue weighted by atomic mass is 10.0. The van der Waals surface area contributed by atoms with Crippen molar-refractivity contribution in [2.24, 2.45) is 0 Å². The van der Waals surface area contributed by atoms with Gasteiger partial charge < -0.3 is 4.90 Å². The SMILES string of the molecule is O=C1CCC[C@H]2CC[C@H](S(=O)(=O)c3ccccc3)N12. The van der Waals surface area contributed by atoms with Crippen LogP contribution in [0.4, 0.5) is 0 Å². The van der Waals surface area contributed by atoms with Gasteiger partial charge in [-0.05, 0) is 37.8 Å². The van der Waals surface area contributed by atoms with Crippen molar-refractivity contribution in [3.63, 3.8) is 0 Å². The van der Waals surface area contributed by atoms with Crippen molar-refractivity contribution in [1.82, 2.24) is 4.90 Å². The minimum atomic E-state index is -3.44. The zero-order valence-corrected chi connectivity index (χ0v) is 11.5. The molecule has 2 heterocycles. The Kier molecular flexibility index (Phi) is 3.09. The molecule has 0 bridgehead atoms. The first kappa shape index (κ1) is 12.7. The van der Waals surface area contributed by atoms with Gasteiger partial charge in [-0.2, -0.15) is 0 Å². The van der Waals surface area contributed by atoms with E-state index in [0.29, 0.717) is 17.7 Å². The Morgan fingerprint density at radius 1 is 1.05 bits per heavy atom. The van der Waals surface area contributed by atoms with Gasteiger partial charge in [-0.15, -0.1) is 0 Å². The van der Waals surface area contributed by atoms with E-state index >= 15 is 0 Å². The number of rotatable bonds is 2. The number of nitrogens with zero attached hydrogens (tertiary/aromatic N) is 1. The van der Waals surface area contributed by atoms with Crippen LogP contribution in [0.2, 0.25) is 0 Å². The van der Waals surface area contributed by atoms with E-state index in [2.05, 4.69) is 0 Å². The summed E-state index contributed by atoms with van der Waals surface area (Å²) in [7, 11) is -3.44. The first-order chi connectivity index (χ1) is 9.10. The van der Waals surface area contributed by atoms with Crippen molar-refractivity contribution >= 4 is 15.7 Å². The second-order valence-corrected chi connectivity index (χ2v) is 7.34. The average Bonchev–Trinajstić information content (AvgIpc) is 2.86. The Labute approximate surface area is 113 Å². The van der Waals surface area contributed by atoms with Gasteiger partial charge in [0.25, 0.3) is 0 Å². The first-order valence-electron chi connectivity index (χ1n) is 6.71. The molecule has 3 rings (SSSR count). The predicted octanol–water partition coefficient (Wildman–Crippen LogP) is 1.96. The maximum atomic E-state index is 12.6. The topological polar surface area (TPSA) is 54.5 Å². The number of fused-ring (bicyclic) bond motifs is 1. The second-order valence-electron chi connectivity index (χ2n) is 5.24. The van der Waals surface area contributed by atoms with Crippen LogP contribution in [-0.2, 0) is 14.6 Å². The molecule has 0 N–H and O–H groups in total. The summed E-state index contributed by atoms with van der Waals surface area (Å²) in [5, 5.41) is -0.660. The molecule has 2 aliphatic heterocycles. The van der Waals surface area contributed by atoms with E-state index in [9.17, 15) is 13.2 Å². The molecular weight excluding hydrogens is 262 g/mol. The highest BCUT2D eigenvalue weighted by Gasteiger charge is 2.45. The number of benzene rings is 1. The Bertz CT molecular complexity index is 582. The summed E-state index contributed by atoms with van der Waals surface area (Å²) >= 11 is 0. The maximum absolute atomic E-state index is 12.6. The molecule has 0 saturated carbocycles. The van der Waals surface area contributed by atoms with Crippen molar-refractivity contribution in [3.8, 4) is 0 Å². The molecule has 0 unspecified atom stereocenters. The largest absolute Gasteiger partial charge is 0.322 e. The van der Waals surface area contributed by atoms with E-state index in [4.69, 9.17) is 0 Å². The molecule has 1 aromatic carbocycles. The molecule has 2 atom stereocenters. The Morgan fingerprint density at radius 2 is 1.79 bits per heavy atom. The summed E-state index contributed by atoms with van der Waals surface area (Å²) in [4.78, 5) is 14.0. The van der Waals surface area contributed by atoms with Crippen LogP contribution >= 0.6 is 0 Å². The highest BCUT2D eigenvalue weighted by atomic mass is 32.2. The first-order valence-corrected chi connectivity index (χ1v) is 8.25. The van der Waals surface area contributed by atoms with Gasteiger partial charge in [0.1, 0.15) is 5.37 Å². The van der Waals surface area contributed by atoms with Crippen LogP contribution in [0, 0.1) is 0 Å². The molecule has 4 nitrogen and oxygen atoms in total. The Hall–Kier alpha value is -1.36. The van der Waals surface area contributed by atoms with E-state index in [0.717, 1.165) is 19.3 Å². The third kappa shape index (κ3) is 2.06. The molecule has 2 aliphatic rings. The van der Waals surface area contributed by atoms with Crippen LogP contribution in [0.3, 0.4) is 0 Å². The molecule has 0 aromatic heterocycles. The number of hydrogen-bond acceptors (Lipinski definition) is 3. The van der Waals surface area contributed by atoms with Crippen molar-refractivity contribution in [2.45, 2.75) is 48.4 Å². The highest BCUT2D eigenvalue weighted by molar-refractivity contribution is 7.92. The third-order valence-corrected chi connectivity index (χ3v) is 6.20. The standard InChI is InChI=1S/C14H17NO3S/c16-13-8-4-5-11-9-10-14(15(11)13)19(17,18)12-6-2-1-3-7-12/h1-3,6-7,11,14H,4-5,8-10H2/t11-,14-/m0/s1. The van der Waals surface area contributed by atoms with E-state index in [1.54, 1.807) is 35.2 Å². The Morgan fingerprint density at radius 3 is 2.53 bits per heavy atom. The number of carbonyl (C=O) groups is 1. The summed E-state index contributed by atoms with van der Waals surface area (Å²) < 4.78 is 25.3. The summed E-state index contributed by atoms with van der Waals surface area (Å²) in [5.41, 5.74) is 0. The minimum absolute atomic E-state index is 0.00161. The highest BCUT2D eigenvalue weighted by Crippen LogP contribution is 2.36. The lowest BCUT2D eigenvalue weighted by Gasteiger charge is -2.33. The summed E-state index contributed by atoms with van der Waals surface area (Å²) in [6.45, 7) is 0. The molecular formula is C14H17NO3S. The Balaban J connectivity index is 1.96. The zero-order chi connectivity index (χ0) is 13.5. The van der Waals surface area contributed by atoms with Gasteiger partial charge in [-0.1, -0.05) is 18.2 Å². The van der Waals surface area contributed by atoms with Crippen LogP contribution in [0.15, 0.2) is 35.2 Å². The lowest BCUT2D eigenvalue weighted by molar-refractivity contribution is -0.135. The van der Waals surface area contributed by atoms with Crippen LogP contribution in [-0.4, -0.2) is 30.6 Å². The normalized spacial score (nSPS) is 27.4. The van der Waals surface area contributed by atoms with E-state index in [1.165, 1.54) is 0 Å². The van der Waals surface area contributed by atoms with Crippen LogP contribution in [0.1, 0.15) is 32.1 Å². The monoisotopic (exact) mass is 279 g/mol. The average molecular weight is 279 g/mol. The molecule has 0 radical (unpaired) electrons. The van der Waals surface area contributed by atoms with Gasteiger partial charge in [0.2, 0.25) is 5.91 Å². The zero-order valence-electron chi connectivity index (χ0n) is 10.7. The van der Waals surface area contributed by atoms with Gasteiger partial charge in [-0.25, -0.2) is 8.42 Å². The van der Waals surface area contributed by atoms with Gasteiger partial charge in [0, 0.05) is 12.5 Å². The number of carbonyl (C=O) groups excluding carboxylic acids is 1. The van der Waals surface area contributed by atoms with Crippen molar-refractivity contribution in [2.75, 3.05) is 0 Å². The summed E-state index contributed by atoms with van der Waals surface area (Å²) in [6, 6.07) is 8.58. The predicted molar refractivity (Wildman–Crippen MR) is 71.1 cm³/mol. The van der Waals surface area contributed by atoms with E-state index in [-0.39, 0.29) is 11.9 Å². The summed E-state index contributed by atoms with van der Waals surface area (Å²) in [5.74, 6) is -0.00161. The van der Waals surface area contributed by atoms with Crippen molar-refractivity contribution < 1.29 is 13.2 Å². The molecule has 102 valence electrons. The van der Waals surface area contributed by atoms with Gasteiger partial charge in [0.15, 0.2) is 9.84 Å². The number of amides is 1. The molecule has 2 fully saturated rings. The molecule has 19 heavy (non-hydrogen) atoms. The fourth-order valence-electron chi connectivity index (χ4n) is 3.19. The maximum Gasteiger partial charge on any atom is 0.223 e. The lowest BCUT2D eigenvalue weighted by Crippen LogP contribution is -2.47. The molecule has 0 spiro atoms. The number of hydrogen-bond donors (Lipinski definition) is 0. The molecule has 0 aliphatic carbocycles. The fourth-order valence-corrected chi connectivity index (χ4v) is 5.07. The number of piperidine rings is 1. The van der Waals surface area contributed by atoms with Gasteiger partial charge in [-0.3, -0.25) is 4.79 Å². The van der Waals surface area contributed by atoms with Gasteiger partial charge in [0.05, 0.1) is 4.90 Å². The van der Waals surface area contributed by atoms with Crippen LogP contribution in [0.5, 0.6) is 0 Å². The summed E-state index contributed by atoms with van der Waals surface area (Å²) in [6.07, 6.45) is 3.68. The fraction of sp³-hybridized carbons (Fsp3) is 0.500. The number of sulfone groups is 1. The van der Waals surface area contributed by atoms with Crippen LogP contribution < -0.4 is 0 Å². The minimum Gasteiger partial charge on any atom is -0.322 e. The second kappa shape index (κ2) is 4.63. The van der Waals surface area contributed by atoms with Crippen LogP contribution in [0.25, 0.3) is 0 Å². The van der Waals surface area contributed by atoms with E-state index < -0.39 is 15.2 Å². The van der Waals surface area contributed by atoms with Crippen molar-refractivity contribution in [1.29, 1.82) is 0 Å².